The zero-order valence-corrected chi connectivity index (χ0v) is 13.6. The van der Waals surface area contributed by atoms with Gasteiger partial charge in [0.25, 0.3) is 0 Å². The van der Waals surface area contributed by atoms with Crippen LogP contribution in [-0.4, -0.2) is 21.3 Å². The van der Waals surface area contributed by atoms with Gasteiger partial charge in [0.2, 0.25) is 0 Å². The van der Waals surface area contributed by atoms with E-state index in [9.17, 15) is 0 Å². The summed E-state index contributed by atoms with van der Waals surface area (Å²) in [6.45, 7) is 8.92. The highest BCUT2D eigenvalue weighted by atomic mass is 15.3. The predicted octanol–water partition coefficient (Wildman–Crippen LogP) is 2.95. The number of hydrogen-bond acceptors (Lipinski definition) is 3. The van der Waals surface area contributed by atoms with Crippen molar-refractivity contribution in [3.63, 3.8) is 0 Å². The largest absolute Gasteiger partial charge is 0.312 e. The molecule has 2 saturated carbocycles. The fraction of sp³-hybridized carbons (Fsp3) is 0.882. The standard InChI is InChI=1S/C17H28N4/c1-17(2,3)15-16-20-19-14(21(16)7-6-18-15)10-13-9-11-4-5-12(13)8-11/h11-13,15,18H,4-10H2,1-3H3. The zero-order chi connectivity index (χ0) is 14.6. The topological polar surface area (TPSA) is 42.7 Å². The zero-order valence-electron chi connectivity index (χ0n) is 13.6. The minimum Gasteiger partial charge on any atom is -0.312 e. The maximum atomic E-state index is 4.58. The number of nitrogens with zero attached hydrogens (tertiary/aromatic N) is 3. The Labute approximate surface area is 127 Å². The molecule has 4 nitrogen and oxygen atoms in total. The van der Waals surface area contributed by atoms with Crippen LogP contribution in [-0.2, 0) is 13.0 Å². The molecule has 2 aliphatic carbocycles. The van der Waals surface area contributed by atoms with E-state index < -0.39 is 0 Å². The Kier molecular flexibility index (Phi) is 3.14. The number of rotatable bonds is 2. The number of fused-ring (bicyclic) bond motifs is 3. The number of nitrogens with one attached hydrogen (secondary N) is 1. The van der Waals surface area contributed by atoms with Crippen molar-refractivity contribution in [1.82, 2.24) is 20.1 Å². The third-order valence-corrected chi connectivity index (χ3v) is 5.99. The molecule has 4 heteroatoms. The normalized spacial score (nSPS) is 35.2. The maximum Gasteiger partial charge on any atom is 0.150 e. The van der Waals surface area contributed by atoms with Crippen molar-refractivity contribution >= 4 is 0 Å². The van der Waals surface area contributed by atoms with Crippen LogP contribution < -0.4 is 5.32 Å². The molecule has 1 aliphatic heterocycles. The van der Waals surface area contributed by atoms with Crippen LogP contribution in [0.4, 0.5) is 0 Å². The van der Waals surface area contributed by atoms with Gasteiger partial charge in [0.1, 0.15) is 5.82 Å². The van der Waals surface area contributed by atoms with Gasteiger partial charge in [-0.25, -0.2) is 0 Å². The van der Waals surface area contributed by atoms with Crippen molar-refractivity contribution in [1.29, 1.82) is 0 Å². The summed E-state index contributed by atoms with van der Waals surface area (Å²) in [7, 11) is 0. The van der Waals surface area contributed by atoms with E-state index in [1.807, 2.05) is 0 Å². The summed E-state index contributed by atoms with van der Waals surface area (Å²) in [5.74, 6) is 5.28. The summed E-state index contributed by atoms with van der Waals surface area (Å²) < 4.78 is 2.42. The lowest BCUT2D eigenvalue weighted by Gasteiger charge is -2.34. The Hall–Kier alpha value is -0.900. The minimum atomic E-state index is 0.189. The second kappa shape index (κ2) is 4.80. The van der Waals surface area contributed by atoms with Crippen LogP contribution in [0.3, 0.4) is 0 Å². The first-order valence-corrected chi connectivity index (χ1v) is 8.67. The van der Waals surface area contributed by atoms with Crippen molar-refractivity contribution in [3.05, 3.63) is 11.6 Å². The fourth-order valence-electron chi connectivity index (χ4n) is 4.92. The lowest BCUT2D eigenvalue weighted by molar-refractivity contribution is 0.230. The van der Waals surface area contributed by atoms with E-state index in [0.29, 0.717) is 6.04 Å². The van der Waals surface area contributed by atoms with Gasteiger partial charge in [-0.2, -0.15) is 0 Å². The van der Waals surface area contributed by atoms with Crippen LogP contribution in [0.15, 0.2) is 0 Å². The third-order valence-electron chi connectivity index (χ3n) is 5.99. The molecule has 2 heterocycles. The first-order chi connectivity index (χ1) is 10.0. The maximum absolute atomic E-state index is 4.58. The lowest BCUT2D eigenvalue weighted by atomic mass is 9.85. The van der Waals surface area contributed by atoms with Crippen molar-refractivity contribution < 1.29 is 0 Å². The molecule has 0 saturated heterocycles. The van der Waals surface area contributed by atoms with E-state index in [4.69, 9.17) is 0 Å². The summed E-state index contributed by atoms with van der Waals surface area (Å²) in [5.41, 5.74) is 0.189. The molecule has 116 valence electrons. The Morgan fingerprint density at radius 1 is 1.19 bits per heavy atom. The van der Waals surface area contributed by atoms with E-state index in [0.717, 1.165) is 43.1 Å². The van der Waals surface area contributed by atoms with Crippen LogP contribution >= 0.6 is 0 Å². The van der Waals surface area contributed by atoms with Gasteiger partial charge >= 0.3 is 0 Å². The second-order valence-corrected chi connectivity index (χ2v) is 8.52. The third kappa shape index (κ3) is 2.32. The van der Waals surface area contributed by atoms with Crippen LogP contribution in [0.2, 0.25) is 0 Å². The van der Waals surface area contributed by atoms with Gasteiger partial charge in [0, 0.05) is 19.5 Å². The molecular formula is C17H28N4. The molecule has 2 fully saturated rings. The molecule has 0 radical (unpaired) electrons. The van der Waals surface area contributed by atoms with Crippen molar-refractivity contribution in [3.8, 4) is 0 Å². The van der Waals surface area contributed by atoms with E-state index in [1.165, 1.54) is 31.5 Å². The van der Waals surface area contributed by atoms with Crippen LogP contribution in [0.1, 0.15) is 64.1 Å². The summed E-state index contributed by atoms with van der Waals surface area (Å²) in [6.07, 6.45) is 7.02. The Balaban J connectivity index is 1.56. The van der Waals surface area contributed by atoms with E-state index in [1.54, 1.807) is 0 Å². The molecular weight excluding hydrogens is 260 g/mol. The van der Waals surface area contributed by atoms with Crippen LogP contribution in [0, 0.1) is 23.2 Å². The predicted molar refractivity (Wildman–Crippen MR) is 82.9 cm³/mol. The molecule has 1 aromatic heterocycles. The van der Waals surface area contributed by atoms with Crippen molar-refractivity contribution in [2.45, 2.75) is 65.5 Å². The molecule has 2 bridgehead atoms. The van der Waals surface area contributed by atoms with Gasteiger partial charge in [-0.3, -0.25) is 0 Å². The molecule has 1 aromatic rings. The average molecular weight is 288 g/mol. The van der Waals surface area contributed by atoms with E-state index in [-0.39, 0.29) is 5.41 Å². The molecule has 4 rings (SSSR count). The van der Waals surface area contributed by atoms with E-state index >= 15 is 0 Å². The van der Waals surface area contributed by atoms with Crippen LogP contribution in [0.5, 0.6) is 0 Å². The van der Waals surface area contributed by atoms with Crippen molar-refractivity contribution in [2.75, 3.05) is 6.54 Å². The van der Waals surface area contributed by atoms with Gasteiger partial charge in [-0.1, -0.05) is 27.2 Å². The van der Waals surface area contributed by atoms with Gasteiger partial charge in [-0.05, 0) is 42.4 Å². The number of aromatic nitrogens is 3. The average Bonchev–Trinajstić information content (AvgIpc) is 3.13. The molecule has 21 heavy (non-hydrogen) atoms. The number of hydrogen-bond donors (Lipinski definition) is 1. The Bertz CT molecular complexity index is 527. The molecule has 4 unspecified atom stereocenters. The van der Waals surface area contributed by atoms with E-state index in [2.05, 4.69) is 40.9 Å². The van der Waals surface area contributed by atoms with Gasteiger partial charge in [-0.15, -0.1) is 10.2 Å². The summed E-state index contributed by atoms with van der Waals surface area (Å²) in [4.78, 5) is 0. The quantitative estimate of drug-likeness (QED) is 0.910. The van der Waals surface area contributed by atoms with Crippen LogP contribution in [0.25, 0.3) is 0 Å². The van der Waals surface area contributed by atoms with Gasteiger partial charge in [0.15, 0.2) is 5.82 Å². The molecule has 0 spiro atoms. The first kappa shape index (κ1) is 13.7. The van der Waals surface area contributed by atoms with Gasteiger partial charge < -0.3 is 9.88 Å². The SMILES string of the molecule is CC(C)(C)C1NCCn2c(CC3CC4CCC3C4)nnc21. The molecule has 0 amide bonds. The first-order valence-electron chi connectivity index (χ1n) is 8.67. The summed E-state index contributed by atoms with van der Waals surface area (Å²) >= 11 is 0. The summed E-state index contributed by atoms with van der Waals surface area (Å²) in [5, 5.41) is 12.8. The molecule has 1 N–H and O–H groups in total. The van der Waals surface area contributed by atoms with Crippen molar-refractivity contribution in [2.24, 2.45) is 23.2 Å². The highest BCUT2D eigenvalue weighted by Gasteiger charge is 2.41. The molecule has 3 aliphatic rings. The second-order valence-electron chi connectivity index (χ2n) is 8.52. The Morgan fingerprint density at radius 3 is 2.71 bits per heavy atom. The minimum absolute atomic E-state index is 0.189. The highest BCUT2D eigenvalue weighted by Crippen LogP contribution is 2.49. The Morgan fingerprint density at radius 2 is 2.05 bits per heavy atom. The molecule has 0 aromatic carbocycles. The fourth-order valence-corrected chi connectivity index (χ4v) is 4.92. The monoisotopic (exact) mass is 288 g/mol. The highest BCUT2D eigenvalue weighted by molar-refractivity contribution is 5.09. The lowest BCUT2D eigenvalue weighted by Crippen LogP contribution is -2.41. The smallest absolute Gasteiger partial charge is 0.150 e. The summed E-state index contributed by atoms with van der Waals surface area (Å²) in [6, 6.07) is 0.326. The molecule has 4 atom stereocenters. The van der Waals surface area contributed by atoms with Gasteiger partial charge in [0.05, 0.1) is 6.04 Å².